The molecule has 0 saturated heterocycles. The van der Waals surface area contributed by atoms with Crippen LogP contribution in [0.2, 0.25) is 0 Å². The van der Waals surface area contributed by atoms with Crippen LogP contribution in [0, 0.1) is 0 Å². The second-order valence-corrected chi connectivity index (χ2v) is 4.19. The number of anilines is 1. The monoisotopic (exact) mass is 248 g/mol. The van der Waals surface area contributed by atoms with Gasteiger partial charge in [-0.25, -0.2) is 0 Å². The number of rotatable bonds is 3. The number of hydrogen-bond acceptors (Lipinski definition) is 7. The summed E-state index contributed by atoms with van der Waals surface area (Å²) < 4.78 is 30.2. The van der Waals surface area contributed by atoms with Gasteiger partial charge in [-0.1, -0.05) is 0 Å². The van der Waals surface area contributed by atoms with E-state index in [-0.39, 0.29) is 0 Å². The summed E-state index contributed by atoms with van der Waals surface area (Å²) in [6.45, 7) is 0. The highest BCUT2D eigenvalue weighted by Crippen LogP contribution is 2.20. The summed E-state index contributed by atoms with van der Waals surface area (Å²) in [7, 11) is -4.65. The van der Waals surface area contributed by atoms with Crippen LogP contribution in [0.25, 0.3) is 0 Å². The van der Waals surface area contributed by atoms with Crippen LogP contribution < -0.4 is 10.3 Å². The SMILES string of the molecule is O=C([O-])c1cc(N(O)O)cc(S(=O)(=O)O)c1. The van der Waals surface area contributed by atoms with Crippen LogP contribution in [0.15, 0.2) is 23.1 Å². The van der Waals surface area contributed by atoms with Gasteiger partial charge in [0.25, 0.3) is 10.1 Å². The van der Waals surface area contributed by atoms with Crippen molar-refractivity contribution >= 4 is 21.8 Å². The molecule has 0 spiro atoms. The molecule has 0 heterocycles. The third-order valence-electron chi connectivity index (χ3n) is 1.66. The molecule has 3 N–H and O–H groups in total. The molecular formula is C7H6NO7S-. The van der Waals surface area contributed by atoms with E-state index in [1.807, 2.05) is 0 Å². The van der Waals surface area contributed by atoms with Crippen LogP contribution >= 0.6 is 0 Å². The van der Waals surface area contributed by atoms with Crippen LogP contribution in [0.4, 0.5) is 5.69 Å². The fourth-order valence-corrected chi connectivity index (χ4v) is 1.51. The molecule has 9 heteroatoms. The lowest BCUT2D eigenvalue weighted by Gasteiger charge is -2.12. The lowest BCUT2D eigenvalue weighted by molar-refractivity contribution is -0.255. The van der Waals surface area contributed by atoms with Crippen LogP contribution in [0.1, 0.15) is 10.4 Å². The van der Waals surface area contributed by atoms with E-state index in [9.17, 15) is 18.3 Å². The Morgan fingerprint density at radius 1 is 1.25 bits per heavy atom. The minimum Gasteiger partial charge on any atom is -0.545 e. The zero-order valence-corrected chi connectivity index (χ0v) is 8.38. The highest BCUT2D eigenvalue weighted by molar-refractivity contribution is 7.85. The number of carbonyl (C=O) groups is 1. The van der Waals surface area contributed by atoms with Crippen molar-refractivity contribution in [2.45, 2.75) is 4.90 Å². The number of carboxylic acids is 1. The smallest absolute Gasteiger partial charge is 0.294 e. The fourth-order valence-electron chi connectivity index (χ4n) is 0.966. The summed E-state index contributed by atoms with van der Waals surface area (Å²) in [5, 5.41) is 27.2. The highest BCUT2D eigenvalue weighted by atomic mass is 32.2. The number of benzene rings is 1. The number of carbonyl (C=O) groups excluding carboxylic acids is 1. The van der Waals surface area contributed by atoms with Crippen molar-refractivity contribution in [1.29, 1.82) is 0 Å². The predicted octanol–water partition coefficient (Wildman–Crippen LogP) is -1.12. The molecular weight excluding hydrogens is 242 g/mol. The lowest BCUT2D eigenvalue weighted by atomic mass is 10.2. The molecule has 0 aliphatic heterocycles. The first kappa shape index (κ1) is 12.4. The Morgan fingerprint density at radius 3 is 2.19 bits per heavy atom. The summed E-state index contributed by atoms with van der Waals surface area (Å²) in [5.41, 5.74) is -1.17. The first-order valence-electron chi connectivity index (χ1n) is 3.73. The Bertz CT molecular complexity index is 522. The van der Waals surface area contributed by atoms with Gasteiger partial charge >= 0.3 is 0 Å². The summed E-state index contributed by atoms with van der Waals surface area (Å²) in [4.78, 5) is 9.69. The van der Waals surface area contributed by atoms with Gasteiger partial charge in [-0.3, -0.25) is 15.0 Å². The molecule has 8 nitrogen and oxygen atoms in total. The van der Waals surface area contributed by atoms with Crippen molar-refractivity contribution in [1.82, 2.24) is 0 Å². The average molecular weight is 248 g/mol. The molecule has 1 aromatic rings. The molecule has 0 radical (unpaired) electrons. The van der Waals surface area contributed by atoms with Gasteiger partial charge in [-0.15, -0.1) is 5.23 Å². The second-order valence-electron chi connectivity index (χ2n) is 2.77. The summed E-state index contributed by atoms with van der Waals surface area (Å²) >= 11 is 0. The van der Waals surface area contributed by atoms with Crippen LogP contribution in [-0.4, -0.2) is 29.4 Å². The van der Waals surface area contributed by atoms with Gasteiger partial charge in [0.15, 0.2) is 0 Å². The molecule has 16 heavy (non-hydrogen) atoms. The van der Waals surface area contributed by atoms with Crippen molar-refractivity contribution in [3.05, 3.63) is 23.8 Å². The van der Waals surface area contributed by atoms with E-state index in [1.165, 1.54) is 0 Å². The molecule has 0 atom stereocenters. The molecule has 0 bridgehead atoms. The van der Waals surface area contributed by atoms with Gasteiger partial charge < -0.3 is 9.90 Å². The average Bonchev–Trinajstić information content (AvgIpc) is 2.15. The second kappa shape index (κ2) is 4.06. The van der Waals surface area contributed by atoms with Crippen molar-refractivity contribution in [3.8, 4) is 0 Å². The van der Waals surface area contributed by atoms with Crippen LogP contribution in [-0.2, 0) is 10.1 Å². The zero-order chi connectivity index (χ0) is 12.5. The van der Waals surface area contributed by atoms with Crippen molar-refractivity contribution in [2.75, 3.05) is 5.23 Å². The minimum atomic E-state index is -4.65. The first-order valence-corrected chi connectivity index (χ1v) is 5.17. The number of hydrogen-bond donors (Lipinski definition) is 3. The van der Waals surface area contributed by atoms with E-state index in [2.05, 4.69) is 0 Å². The van der Waals surface area contributed by atoms with E-state index in [0.29, 0.717) is 12.1 Å². The van der Waals surface area contributed by atoms with Crippen molar-refractivity contribution in [3.63, 3.8) is 0 Å². The zero-order valence-electron chi connectivity index (χ0n) is 7.56. The maximum absolute atomic E-state index is 10.7. The van der Waals surface area contributed by atoms with E-state index in [1.54, 1.807) is 0 Å². The van der Waals surface area contributed by atoms with Crippen LogP contribution in [0.5, 0.6) is 0 Å². The molecule has 1 rings (SSSR count). The maximum atomic E-state index is 10.7. The van der Waals surface area contributed by atoms with Gasteiger partial charge in [-0.2, -0.15) is 8.42 Å². The Morgan fingerprint density at radius 2 is 1.81 bits per heavy atom. The summed E-state index contributed by atoms with van der Waals surface area (Å²) in [6.07, 6.45) is 0. The van der Waals surface area contributed by atoms with Gasteiger partial charge in [0.1, 0.15) is 0 Å². The number of nitrogens with zero attached hydrogens (tertiary/aromatic N) is 1. The molecule has 0 unspecified atom stereocenters. The molecule has 0 saturated carbocycles. The molecule has 1 aromatic carbocycles. The third kappa shape index (κ3) is 2.67. The number of carboxylic acid groups (broad SMARTS) is 1. The third-order valence-corrected chi connectivity index (χ3v) is 2.49. The Labute approximate surface area is 89.6 Å². The van der Waals surface area contributed by atoms with E-state index in [0.717, 1.165) is 6.07 Å². The van der Waals surface area contributed by atoms with Gasteiger partial charge in [-0.05, 0) is 18.2 Å². The number of aromatic carboxylic acids is 1. The van der Waals surface area contributed by atoms with Crippen LogP contribution in [0.3, 0.4) is 0 Å². The Kier molecular flexibility index (Phi) is 3.14. The quantitative estimate of drug-likeness (QED) is 0.451. The fraction of sp³-hybridized carbons (Fsp3) is 0. The van der Waals surface area contributed by atoms with Crippen molar-refractivity contribution in [2.24, 2.45) is 0 Å². The predicted molar refractivity (Wildman–Crippen MR) is 46.6 cm³/mol. The van der Waals surface area contributed by atoms with E-state index in [4.69, 9.17) is 15.0 Å². The topological polar surface area (TPSA) is 138 Å². The first-order chi connectivity index (χ1) is 7.21. The standard InChI is InChI=1S/C7H7NO7S/c9-7(10)4-1-5(8(11)12)3-6(2-4)16(13,14)15/h1-3,11-12H,(H,9,10)(H,13,14,15)/p-1. The highest BCUT2D eigenvalue weighted by Gasteiger charge is 2.14. The van der Waals surface area contributed by atoms with Gasteiger partial charge in [0.2, 0.25) is 0 Å². The Hall–Kier alpha value is -1.68. The molecule has 0 aliphatic carbocycles. The maximum Gasteiger partial charge on any atom is 0.294 e. The normalized spacial score (nSPS) is 11.2. The van der Waals surface area contributed by atoms with E-state index < -0.39 is 37.5 Å². The Balaban J connectivity index is 3.48. The van der Waals surface area contributed by atoms with Gasteiger partial charge in [0, 0.05) is 5.56 Å². The largest absolute Gasteiger partial charge is 0.545 e. The molecule has 88 valence electrons. The molecule has 0 aliphatic rings. The molecule has 0 fully saturated rings. The van der Waals surface area contributed by atoms with Crippen molar-refractivity contribution < 1.29 is 33.3 Å². The summed E-state index contributed by atoms with van der Waals surface area (Å²) in [5.74, 6) is -1.73. The minimum absolute atomic E-state index is 0.485. The van der Waals surface area contributed by atoms with Gasteiger partial charge in [0.05, 0.1) is 16.6 Å². The van der Waals surface area contributed by atoms with E-state index >= 15 is 0 Å². The summed E-state index contributed by atoms with van der Waals surface area (Å²) in [6, 6.07) is 2.05. The lowest BCUT2D eigenvalue weighted by Crippen LogP contribution is -2.23. The molecule has 0 amide bonds. The molecule has 0 aromatic heterocycles.